The molecule has 0 radical (unpaired) electrons. The lowest BCUT2D eigenvalue weighted by Gasteiger charge is -2.34. The Bertz CT molecular complexity index is 780. The fourth-order valence-corrected chi connectivity index (χ4v) is 2.93. The first-order valence-electron chi connectivity index (χ1n) is 10.2. The number of ether oxygens (including phenoxy) is 1. The molecular formula is C21H30N4O5. The van der Waals surface area contributed by atoms with Gasteiger partial charge in [0.25, 0.3) is 0 Å². The molecule has 1 aromatic rings. The number of esters is 1. The average molecular weight is 418 g/mol. The van der Waals surface area contributed by atoms with Crippen molar-refractivity contribution in [2.45, 2.75) is 39.7 Å². The monoisotopic (exact) mass is 418 g/mol. The van der Waals surface area contributed by atoms with Crippen molar-refractivity contribution in [3.63, 3.8) is 0 Å². The van der Waals surface area contributed by atoms with Crippen LogP contribution in [0, 0.1) is 5.92 Å². The third-order valence-corrected chi connectivity index (χ3v) is 4.50. The van der Waals surface area contributed by atoms with Crippen molar-refractivity contribution in [3.8, 4) is 0 Å². The van der Waals surface area contributed by atoms with E-state index >= 15 is 0 Å². The molecule has 9 nitrogen and oxygen atoms in total. The number of hydrogen-bond donors (Lipinski definition) is 3. The van der Waals surface area contributed by atoms with Crippen LogP contribution in [0.25, 0.3) is 0 Å². The smallest absolute Gasteiger partial charge is 0.308 e. The molecular weight excluding hydrogens is 388 g/mol. The molecule has 164 valence electrons. The van der Waals surface area contributed by atoms with Gasteiger partial charge in [-0.1, -0.05) is 26.8 Å². The van der Waals surface area contributed by atoms with Crippen LogP contribution in [0.3, 0.4) is 0 Å². The van der Waals surface area contributed by atoms with Gasteiger partial charge in [-0.15, -0.1) is 0 Å². The minimum absolute atomic E-state index is 0.0456. The molecule has 1 unspecified atom stereocenters. The van der Waals surface area contributed by atoms with E-state index in [0.29, 0.717) is 30.9 Å². The molecule has 0 aromatic heterocycles. The molecule has 0 bridgehead atoms. The molecule has 0 spiro atoms. The second kappa shape index (κ2) is 11.2. The molecule has 1 aliphatic heterocycles. The van der Waals surface area contributed by atoms with Gasteiger partial charge in [-0.05, 0) is 24.1 Å². The maximum Gasteiger partial charge on any atom is 0.308 e. The van der Waals surface area contributed by atoms with Crippen molar-refractivity contribution in [1.29, 1.82) is 0 Å². The summed E-state index contributed by atoms with van der Waals surface area (Å²) < 4.78 is 5.16. The van der Waals surface area contributed by atoms with E-state index in [-0.39, 0.29) is 43.2 Å². The third-order valence-electron chi connectivity index (χ3n) is 4.50. The van der Waals surface area contributed by atoms with Crippen LogP contribution in [-0.2, 0) is 23.9 Å². The fraction of sp³-hybridized carbons (Fsp3) is 0.524. The molecule has 3 amide bonds. The van der Waals surface area contributed by atoms with Gasteiger partial charge in [-0.25, -0.2) is 0 Å². The van der Waals surface area contributed by atoms with Crippen molar-refractivity contribution in [3.05, 3.63) is 24.3 Å². The first-order chi connectivity index (χ1) is 14.3. The number of piperazine rings is 1. The van der Waals surface area contributed by atoms with Gasteiger partial charge < -0.3 is 25.6 Å². The van der Waals surface area contributed by atoms with Crippen LogP contribution in [0.4, 0.5) is 11.4 Å². The number of benzene rings is 1. The Hall–Kier alpha value is -3.10. The van der Waals surface area contributed by atoms with E-state index in [1.54, 1.807) is 31.2 Å². The van der Waals surface area contributed by atoms with Crippen LogP contribution in [-0.4, -0.2) is 60.9 Å². The summed E-state index contributed by atoms with van der Waals surface area (Å²) in [6.07, 6.45) is 0.191. The summed E-state index contributed by atoms with van der Waals surface area (Å²) in [5.41, 5.74) is 1.29. The zero-order valence-corrected chi connectivity index (χ0v) is 17.7. The fourth-order valence-electron chi connectivity index (χ4n) is 2.93. The zero-order valence-electron chi connectivity index (χ0n) is 17.7. The summed E-state index contributed by atoms with van der Waals surface area (Å²) >= 11 is 0. The largest absolute Gasteiger partial charge is 0.465 e. The van der Waals surface area contributed by atoms with E-state index in [4.69, 9.17) is 4.74 Å². The van der Waals surface area contributed by atoms with Crippen LogP contribution in [0.15, 0.2) is 24.3 Å². The van der Waals surface area contributed by atoms with Crippen molar-refractivity contribution in [1.82, 2.24) is 10.2 Å². The first kappa shape index (κ1) is 23.2. The van der Waals surface area contributed by atoms with E-state index in [1.165, 1.54) is 4.90 Å². The van der Waals surface area contributed by atoms with Crippen LogP contribution in [0.5, 0.6) is 0 Å². The number of carbonyl (C=O) groups excluding carboxylic acids is 4. The Balaban J connectivity index is 1.96. The molecule has 1 saturated heterocycles. The van der Waals surface area contributed by atoms with E-state index in [1.807, 2.05) is 13.8 Å². The van der Waals surface area contributed by atoms with Crippen LogP contribution in [0.2, 0.25) is 0 Å². The highest BCUT2D eigenvalue weighted by molar-refractivity contribution is 5.93. The Kier molecular flexibility index (Phi) is 8.64. The maximum atomic E-state index is 12.7. The molecule has 1 aliphatic rings. The lowest BCUT2D eigenvalue weighted by molar-refractivity contribution is -0.152. The highest BCUT2D eigenvalue weighted by atomic mass is 16.5. The third kappa shape index (κ3) is 7.06. The number of rotatable bonds is 9. The topological polar surface area (TPSA) is 117 Å². The van der Waals surface area contributed by atoms with Crippen molar-refractivity contribution in [2.75, 3.05) is 36.9 Å². The summed E-state index contributed by atoms with van der Waals surface area (Å²) in [7, 11) is 0. The number of hydrogen-bond acceptors (Lipinski definition) is 6. The summed E-state index contributed by atoms with van der Waals surface area (Å²) in [6.45, 7) is 6.49. The minimum Gasteiger partial charge on any atom is -0.465 e. The minimum atomic E-state index is -0.886. The van der Waals surface area contributed by atoms with Gasteiger partial charge in [0, 0.05) is 30.9 Å². The molecule has 9 heteroatoms. The van der Waals surface area contributed by atoms with Gasteiger partial charge >= 0.3 is 5.97 Å². The van der Waals surface area contributed by atoms with Gasteiger partial charge in [0.1, 0.15) is 6.04 Å². The Labute approximate surface area is 176 Å². The first-order valence-corrected chi connectivity index (χ1v) is 10.2. The van der Waals surface area contributed by atoms with Gasteiger partial charge in [-0.3, -0.25) is 19.2 Å². The molecule has 2 rings (SSSR count). The predicted molar refractivity (Wildman–Crippen MR) is 113 cm³/mol. The van der Waals surface area contributed by atoms with Crippen LogP contribution in [0.1, 0.15) is 33.6 Å². The van der Waals surface area contributed by atoms with E-state index in [0.717, 1.165) is 0 Å². The zero-order chi connectivity index (χ0) is 22.1. The van der Waals surface area contributed by atoms with Gasteiger partial charge in [0.15, 0.2) is 0 Å². The lowest BCUT2D eigenvalue weighted by atomic mass is 10.1. The highest BCUT2D eigenvalue weighted by Crippen LogP contribution is 2.16. The van der Waals surface area contributed by atoms with E-state index < -0.39 is 12.0 Å². The SMILES string of the molecule is CCC(=O)Nc1cccc(NCC(=O)N2CCNC(=O)C2CC(=O)OCC(C)C)c1. The second-order valence-electron chi connectivity index (χ2n) is 7.51. The van der Waals surface area contributed by atoms with Crippen molar-refractivity contribution in [2.24, 2.45) is 5.92 Å². The number of nitrogens with one attached hydrogen (secondary N) is 3. The molecule has 30 heavy (non-hydrogen) atoms. The lowest BCUT2D eigenvalue weighted by Crippen LogP contribution is -2.58. The van der Waals surface area contributed by atoms with Crippen LogP contribution < -0.4 is 16.0 Å². The van der Waals surface area contributed by atoms with Crippen LogP contribution >= 0.6 is 0 Å². The molecule has 1 atom stereocenters. The summed E-state index contributed by atoms with van der Waals surface area (Å²) in [5, 5.41) is 8.46. The molecule has 1 aromatic carbocycles. The molecule has 0 aliphatic carbocycles. The predicted octanol–water partition coefficient (Wildman–Crippen LogP) is 1.36. The molecule has 3 N–H and O–H groups in total. The molecule has 1 fully saturated rings. The van der Waals surface area contributed by atoms with Gasteiger partial charge in [0.05, 0.1) is 19.6 Å². The highest BCUT2D eigenvalue weighted by Gasteiger charge is 2.35. The summed E-state index contributed by atoms with van der Waals surface area (Å²) in [6, 6.07) is 6.14. The average Bonchev–Trinajstić information content (AvgIpc) is 2.72. The molecule has 0 saturated carbocycles. The summed E-state index contributed by atoms with van der Waals surface area (Å²) in [4.78, 5) is 50.0. The Morgan fingerprint density at radius 2 is 2.00 bits per heavy atom. The standard InChI is InChI=1S/C21H30N4O5/c1-4-18(26)24-16-7-5-6-15(10-16)23-12-19(27)25-9-8-22-21(29)17(25)11-20(28)30-13-14(2)3/h5-7,10,14,17,23H,4,8-9,11-13H2,1-3H3,(H,22,29)(H,24,26). The number of anilines is 2. The number of amides is 3. The summed E-state index contributed by atoms with van der Waals surface area (Å²) in [5.74, 6) is -1.07. The quantitative estimate of drug-likeness (QED) is 0.522. The normalized spacial score (nSPS) is 16.1. The van der Waals surface area contributed by atoms with Crippen molar-refractivity contribution < 1.29 is 23.9 Å². The Morgan fingerprint density at radius 3 is 2.70 bits per heavy atom. The van der Waals surface area contributed by atoms with Crippen molar-refractivity contribution >= 4 is 35.1 Å². The number of nitrogens with zero attached hydrogens (tertiary/aromatic N) is 1. The molecule has 1 heterocycles. The Morgan fingerprint density at radius 1 is 1.27 bits per heavy atom. The van der Waals surface area contributed by atoms with Gasteiger partial charge in [-0.2, -0.15) is 0 Å². The van der Waals surface area contributed by atoms with Gasteiger partial charge in [0.2, 0.25) is 17.7 Å². The van der Waals surface area contributed by atoms with E-state index in [2.05, 4.69) is 16.0 Å². The second-order valence-corrected chi connectivity index (χ2v) is 7.51. The van der Waals surface area contributed by atoms with E-state index in [9.17, 15) is 19.2 Å². The maximum absolute atomic E-state index is 12.7. The number of carbonyl (C=O) groups is 4.